The van der Waals surface area contributed by atoms with Gasteiger partial charge >= 0.3 is 0 Å². The SMILES string of the molecule is COc1cc(OC)c2c(c1)OCC(Cc1ccc(OC)c(OC)c1)C2=O. The predicted molar refractivity (Wildman–Crippen MR) is 96.1 cm³/mol. The Bertz CT molecular complexity index is 797. The maximum absolute atomic E-state index is 13.0. The van der Waals surface area contributed by atoms with Gasteiger partial charge in [0.2, 0.25) is 0 Å². The van der Waals surface area contributed by atoms with Gasteiger partial charge in [-0.25, -0.2) is 0 Å². The minimum atomic E-state index is -0.303. The topological polar surface area (TPSA) is 63.2 Å². The van der Waals surface area contributed by atoms with Gasteiger partial charge < -0.3 is 23.7 Å². The van der Waals surface area contributed by atoms with E-state index in [1.807, 2.05) is 18.2 Å². The lowest BCUT2D eigenvalue weighted by Crippen LogP contribution is -2.30. The molecule has 6 nitrogen and oxygen atoms in total. The van der Waals surface area contributed by atoms with Crippen LogP contribution in [0.25, 0.3) is 0 Å². The minimum absolute atomic E-state index is 0.000498. The molecule has 2 aromatic carbocycles. The van der Waals surface area contributed by atoms with E-state index in [4.69, 9.17) is 23.7 Å². The summed E-state index contributed by atoms with van der Waals surface area (Å²) in [6.07, 6.45) is 0.536. The Kier molecular flexibility index (Phi) is 5.21. The molecule has 0 saturated heterocycles. The molecular formula is C20H22O6. The maximum atomic E-state index is 13.0. The van der Waals surface area contributed by atoms with E-state index in [1.54, 1.807) is 33.5 Å². The van der Waals surface area contributed by atoms with Gasteiger partial charge in [0, 0.05) is 12.1 Å². The van der Waals surface area contributed by atoms with Crippen LogP contribution in [-0.4, -0.2) is 40.8 Å². The molecule has 1 aliphatic rings. The van der Waals surface area contributed by atoms with Crippen molar-refractivity contribution in [2.75, 3.05) is 35.0 Å². The average molecular weight is 358 g/mol. The zero-order valence-electron chi connectivity index (χ0n) is 15.3. The third kappa shape index (κ3) is 3.27. The first-order chi connectivity index (χ1) is 12.6. The number of carbonyl (C=O) groups excluding carboxylic acids is 1. The van der Waals surface area contributed by atoms with Crippen LogP contribution in [0, 0.1) is 5.92 Å². The Hall–Kier alpha value is -2.89. The monoisotopic (exact) mass is 358 g/mol. The van der Waals surface area contributed by atoms with Gasteiger partial charge in [-0.1, -0.05) is 6.07 Å². The predicted octanol–water partition coefficient (Wildman–Crippen LogP) is 3.16. The molecule has 1 unspecified atom stereocenters. The van der Waals surface area contributed by atoms with Gasteiger partial charge in [0.1, 0.15) is 22.8 Å². The number of ether oxygens (including phenoxy) is 5. The second-order valence-corrected chi connectivity index (χ2v) is 5.97. The molecule has 0 saturated carbocycles. The zero-order valence-corrected chi connectivity index (χ0v) is 15.3. The molecule has 0 fully saturated rings. The summed E-state index contributed by atoms with van der Waals surface area (Å²) in [4.78, 5) is 13.0. The van der Waals surface area contributed by atoms with E-state index >= 15 is 0 Å². The van der Waals surface area contributed by atoms with E-state index in [0.29, 0.717) is 47.3 Å². The Morgan fingerprint density at radius 3 is 2.31 bits per heavy atom. The molecule has 0 N–H and O–H groups in total. The van der Waals surface area contributed by atoms with Gasteiger partial charge in [-0.3, -0.25) is 4.79 Å². The number of methoxy groups -OCH3 is 4. The average Bonchev–Trinajstić information content (AvgIpc) is 2.68. The zero-order chi connectivity index (χ0) is 18.7. The fourth-order valence-electron chi connectivity index (χ4n) is 3.12. The first-order valence-corrected chi connectivity index (χ1v) is 8.25. The van der Waals surface area contributed by atoms with Crippen LogP contribution in [-0.2, 0) is 6.42 Å². The smallest absolute Gasteiger partial charge is 0.177 e. The van der Waals surface area contributed by atoms with Gasteiger partial charge in [-0.05, 0) is 24.1 Å². The molecule has 6 heteroatoms. The van der Waals surface area contributed by atoms with Crippen molar-refractivity contribution < 1.29 is 28.5 Å². The lowest BCUT2D eigenvalue weighted by atomic mass is 9.89. The number of hydrogen-bond acceptors (Lipinski definition) is 6. The first kappa shape index (κ1) is 17.9. The standard InChI is InChI=1S/C20H22O6/c1-22-14-9-17(25-4)19-18(10-14)26-11-13(20(19)21)7-12-5-6-15(23-2)16(8-12)24-3/h5-6,8-10,13H,7,11H2,1-4H3. The van der Waals surface area contributed by atoms with Crippen molar-refractivity contribution in [2.45, 2.75) is 6.42 Å². The van der Waals surface area contributed by atoms with Gasteiger partial charge in [0.25, 0.3) is 0 Å². The summed E-state index contributed by atoms with van der Waals surface area (Å²) >= 11 is 0. The van der Waals surface area contributed by atoms with E-state index in [2.05, 4.69) is 0 Å². The van der Waals surface area contributed by atoms with Crippen molar-refractivity contribution in [2.24, 2.45) is 5.92 Å². The van der Waals surface area contributed by atoms with E-state index < -0.39 is 0 Å². The molecule has 138 valence electrons. The molecule has 0 radical (unpaired) electrons. The number of Topliss-reactive ketones (excluding diaryl/α,β-unsaturated/α-hetero) is 1. The summed E-state index contributed by atoms with van der Waals surface area (Å²) in [6, 6.07) is 9.05. The highest BCUT2D eigenvalue weighted by molar-refractivity contribution is 6.04. The molecule has 3 rings (SSSR count). The van der Waals surface area contributed by atoms with Crippen LogP contribution in [0.5, 0.6) is 28.7 Å². The van der Waals surface area contributed by atoms with Crippen molar-refractivity contribution in [3.63, 3.8) is 0 Å². The number of carbonyl (C=O) groups is 1. The van der Waals surface area contributed by atoms with Gasteiger partial charge in [-0.15, -0.1) is 0 Å². The molecule has 0 bridgehead atoms. The third-order valence-corrected chi connectivity index (χ3v) is 4.48. The van der Waals surface area contributed by atoms with Crippen molar-refractivity contribution in [1.29, 1.82) is 0 Å². The van der Waals surface area contributed by atoms with Crippen LogP contribution in [0.3, 0.4) is 0 Å². The molecule has 1 heterocycles. The van der Waals surface area contributed by atoms with Crippen LogP contribution in [0.2, 0.25) is 0 Å². The number of ketones is 1. The molecule has 0 spiro atoms. The highest BCUT2D eigenvalue weighted by atomic mass is 16.5. The van der Waals surface area contributed by atoms with Gasteiger partial charge in [-0.2, -0.15) is 0 Å². The minimum Gasteiger partial charge on any atom is -0.496 e. The van der Waals surface area contributed by atoms with Gasteiger partial charge in [0.15, 0.2) is 17.3 Å². The highest BCUT2D eigenvalue weighted by Crippen LogP contribution is 2.39. The first-order valence-electron chi connectivity index (χ1n) is 8.25. The highest BCUT2D eigenvalue weighted by Gasteiger charge is 2.32. The van der Waals surface area contributed by atoms with Crippen molar-refractivity contribution in [3.05, 3.63) is 41.5 Å². The lowest BCUT2D eigenvalue weighted by Gasteiger charge is -2.26. The number of benzene rings is 2. The third-order valence-electron chi connectivity index (χ3n) is 4.48. The van der Waals surface area contributed by atoms with E-state index in [1.165, 1.54) is 7.11 Å². The van der Waals surface area contributed by atoms with E-state index in [-0.39, 0.29) is 11.7 Å². The van der Waals surface area contributed by atoms with E-state index in [9.17, 15) is 4.79 Å². The lowest BCUT2D eigenvalue weighted by molar-refractivity contribution is 0.0825. The van der Waals surface area contributed by atoms with Crippen LogP contribution >= 0.6 is 0 Å². The summed E-state index contributed by atoms with van der Waals surface area (Å²) in [5.41, 5.74) is 1.44. The molecule has 0 aliphatic carbocycles. The summed E-state index contributed by atoms with van der Waals surface area (Å²) in [5.74, 6) is 2.53. The number of fused-ring (bicyclic) bond motifs is 1. The molecule has 2 aromatic rings. The fourth-order valence-corrected chi connectivity index (χ4v) is 3.12. The Morgan fingerprint density at radius 1 is 0.923 bits per heavy atom. The number of rotatable bonds is 6. The summed E-state index contributed by atoms with van der Waals surface area (Å²) in [6.45, 7) is 0.302. The fraction of sp³-hybridized carbons (Fsp3) is 0.350. The summed E-state index contributed by atoms with van der Waals surface area (Å²) < 4.78 is 27.0. The maximum Gasteiger partial charge on any atom is 0.177 e. The molecular weight excluding hydrogens is 336 g/mol. The van der Waals surface area contributed by atoms with E-state index in [0.717, 1.165) is 5.56 Å². The molecule has 0 aromatic heterocycles. The quantitative estimate of drug-likeness (QED) is 0.790. The van der Waals surface area contributed by atoms with Crippen LogP contribution < -0.4 is 23.7 Å². The molecule has 1 atom stereocenters. The molecule has 26 heavy (non-hydrogen) atoms. The van der Waals surface area contributed by atoms with Crippen molar-refractivity contribution >= 4 is 5.78 Å². The van der Waals surface area contributed by atoms with Crippen LogP contribution in [0.1, 0.15) is 15.9 Å². The Balaban J connectivity index is 1.88. The Labute approximate surface area is 152 Å². The van der Waals surface area contributed by atoms with Crippen LogP contribution in [0.15, 0.2) is 30.3 Å². The number of hydrogen-bond donors (Lipinski definition) is 0. The summed E-state index contributed by atoms with van der Waals surface area (Å²) in [7, 11) is 6.27. The van der Waals surface area contributed by atoms with Crippen molar-refractivity contribution in [1.82, 2.24) is 0 Å². The second-order valence-electron chi connectivity index (χ2n) is 5.97. The van der Waals surface area contributed by atoms with Gasteiger partial charge in [0.05, 0.1) is 41.0 Å². The van der Waals surface area contributed by atoms with Crippen LogP contribution in [0.4, 0.5) is 0 Å². The summed E-state index contributed by atoms with van der Waals surface area (Å²) in [5, 5.41) is 0. The second kappa shape index (κ2) is 7.56. The molecule has 1 aliphatic heterocycles. The normalized spacial score (nSPS) is 15.7. The molecule has 0 amide bonds. The van der Waals surface area contributed by atoms with Crippen molar-refractivity contribution in [3.8, 4) is 28.7 Å². The largest absolute Gasteiger partial charge is 0.496 e. The Morgan fingerprint density at radius 2 is 1.65 bits per heavy atom.